The largest absolute Gasteiger partial charge is 0.486 e. The Labute approximate surface area is 148 Å². The minimum Gasteiger partial charge on any atom is -0.486 e. The molecular formula is C18H18BrNO4. The van der Waals surface area contributed by atoms with Gasteiger partial charge in [0.1, 0.15) is 13.2 Å². The van der Waals surface area contributed by atoms with Crippen LogP contribution in [0.25, 0.3) is 0 Å². The Hall–Kier alpha value is -2.05. The molecular weight excluding hydrogens is 374 g/mol. The van der Waals surface area contributed by atoms with Crippen molar-refractivity contribution >= 4 is 27.5 Å². The number of aliphatic hydroxyl groups excluding tert-OH is 1. The Balaban J connectivity index is 1.94. The molecule has 1 amide bonds. The molecule has 2 N–H and O–H groups in total. The van der Waals surface area contributed by atoms with E-state index >= 15 is 0 Å². The summed E-state index contributed by atoms with van der Waals surface area (Å²) in [5, 5.41) is 13.1. The molecule has 5 nitrogen and oxygen atoms in total. The van der Waals surface area contributed by atoms with Gasteiger partial charge in [-0.1, -0.05) is 28.9 Å². The Morgan fingerprint density at radius 3 is 2.62 bits per heavy atom. The maximum atomic E-state index is 12.5. The minimum atomic E-state index is -0.696. The number of amides is 1. The Morgan fingerprint density at radius 1 is 1.25 bits per heavy atom. The van der Waals surface area contributed by atoms with Crippen molar-refractivity contribution in [3.63, 3.8) is 0 Å². The van der Waals surface area contributed by atoms with Crippen molar-refractivity contribution < 1.29 is 19.4 Å². The van der Waals surface area contributed by atoms with Gasteiger partial charge in [0.15, 0.2) is 11.5 Å². The third kappa shape index (κ3) is 3.55. The van der Waals surface area contributed by atoms with Crippen LogP contribution in [-0.2, 0) is 0 Å². The number of anilines is 1. The molecule has 1 aliphatic rings. The molecule has 0 unspecified atom stereocenters. The lowest BCUT2D eigenvalue weighted by Gasteiger charge is -2.23. The van der Waals surface area contributed by atoms with Gasteiger partial charge in [-0.15, -0.1) is 0 Å². The smallest absolute Gasteiger partial charge is 0.255 e. The SMILES string of the molecule is CC[C@H](O)c1cc2c(cc1NC(=O)c1cccc(Br)c1)OCCO2. The molecule has 6 heteroatoms. The Kier molecular flexibility index (Phi) is 5.06. The summed E-state index contributed by atoms with van der Waals surface area (Å²) in [7, 11) is 0. The molecule has 0 radical (unpaired) electrons. The molecule has 3 rings (SSSR count). The fourth-order valence-electron chi connectivity index (χ4n) is 2.53. The number of halogens is 1. The minimum absolute atomic E-state index is 0.252. The van der Waals surface area contributed by atoms with E-state index in [1.165, 1.54) is 0 Å². The van der Waals surface area contributed by atoms with Crippen LogP contribution < -0.4 is 14.8 Å². The molecule has 1 aliphatic heterocycles. The highest BCUT2D eigenvalue weighted by Crippen LogP contribution is 2.39. The summed E-state index contributed by atoms with van der Waals surface area (Å²) in [5.74, 6) is 0.902. The lowest BCUT2D eigenvalue weighted by Crippen LogP contribution is -2.18. The summed E-state index contributed by atoms with van der Waals surface area (Å²) < 4.78 is 12.0. The fraction of sp³-hybridized carbons (Fsp3) is 0.278. The molecule has 0 saturated carbocycles. The summed E-state index contributed by atoms with van der Waals surface area (Å²) in [6.45, 7) is 2.81. The van der Waals surface area contributed by atoms with Crippen LogP contribution in [0.5, 0.6) is 11.5 Å². The first-order chi connectivity index (χ1) is 11.6. The predicted molar refractivity (Wildman–Crippen MR) is 94.8 cm³/mol. The number of benzene rings is 2. The molecule has 0 bridgehead atoms. The molecule has 24 heavy (non-hydrogen) atoms. The van der Waals surface area contributed by atoms with Crippen LogP contribution in [0.4, 0.5) is 5.69 Å². The number of ether oxygens (including phenoxy) is 2. The molecule has 126 valence electrons. The molecule has 1 atom stereocenters. The molecule has 0 spiro atoms. The number of nitrogens with one attached hydrogen (secondary N) is 1. The van der Waals surface area contributed by atoms with Gasteiger partial charge in [0.25, 0.3) is 5.91 Å². The van der Waals surface area contributed by atoms with Crippen molar-refractivity contribution in [2.24, 2.45) is 0 Å². The second-order valence-corrected chi connectivity index (χ2v) is 6.39. The molecule has 0 fully saturated rings. The number of carbonyl (C=O) groups excluding carboxylic acids is 1. The summed E-state index contributed by atoms with van der Waals surface area (Å²) in [6.07, 6.45) is -0.169. The first-order valence-corrected chi connectivity index (χ1v) is 8.56. The molecule has 0 saturated heterocycles. The van der Waals surface area contributed by atoms with E-state index in [-0.39, 0.29) is 5.91 Å². The average molecular weight is 392 g/mol. The van der Waals surface area contributed by atoms with Gasteiger partial charge >= 0.3 is 0 Å². The third-order valence-corrected chi connectivity index (χ3v) is 4.29. The Morgan fingerprint density at radius 2 is 1.96 bits per heavy atom. The second-order valence-electron chi connectivity index (χ2n) is 5.47. The van der Waals surface area contributed by atoms with Crippen LogP contribution in [0.15, 0.2) is 40.9 Å². The first-order valence-electron chi connectivity index (χ1n) is 7.77. The summed E-state index contributed by atoms with van der Waals surface area (Å²) in [4.78, 5) is 12.5. The number of aliphatic hydroxyl groups is 1. The van der Waals surface area contributed by atoms with Crippen molar-refractivity contribution in [3.8, 4) is 11.5 Å². The zero-order valence-corrected chi connectivity index (χ0v) is 14.8. The molecule has 2 aromatic rings. The summed E-state index contributed by atoms with van der Waals surface area (Å²) in [6, 6.07) is 10.6. The first kappa shape index (κ1) is 16.8. The van der Waals surface area contributed by atoms with E-state index in [9.17, 15) is 9.90 Å². The topological polar surface area (TPSA) is 67.8 Å². The predicted octanol–water partition coefficient (Wildman–Crippen LogP) is 3.92. The van der Waals surface area contributed by atoms with Gasteiger partial charge in [-0.2, -0.15) is 0 Å². The summed E-state index contributed by atoms with van der Waals surface area (Å²) >= 11 is 3.36. The van der Waals surface area contributed by atoms with Crippen molar-refractivity contribution in [2.45, 2.75) is 19.4 Å². The standard InChI is InChI=1S/C18H18BrNO4/c1-2-15(21)13-9-16-17(24-7-6-23-16)10-14(13)20-18(22)11-4-3-5-12(19)8-11/h3-5,8-10,15,21H,2,6-7H2,1H3,(H,20,22)/t15-/m0/s1. The highest BCUT2D eigenvalue weighted by molar-refractivity contribution is 9.10. The molecule has 0 aliphatic carbocycles. The van der Waals surface area contributed by atoms with E-state index in [1.807, 2.05) is 13.0 Å². The van der Waals surface area contributed by atoms with Crippen LogP contribution in [-0.4, -0.2) is 24.2 Å². The van der Waals surface area contributed by atoms with E-state index in [0.29, 0.717) is 47.9 Å². The van der Waals surface area contributed by atoms with E-state index in [4.69, 9.17) is 9.47 Å². The van der Waals surface area contributed by atoms with Gasteiger partial charge in [-0.05, 0) is 30.7 Å². The normalized spacial score (nSPS) is 14.1. The maximum Gasteiger partial charge on any atom is 0.255 e. The van der Waals surface area contributed by atoms with Gasteiger partial charge in [0.2, 0.25) is 0 Å². The van der Waals surface area contributed by atoms with Gasteiger partial charge in [-0.25, -0.2) is 0 Å². The molecule has 0 aromatic heterocycles. The van der Waals surface area contributed by atoms with Crippen molar-refractivity contribution in [3.05, 3.63) is 52.0 Å². The van der Waals surface area contributed by atoms with Crippen molar-refractivity contribution in [1.82, 2.24) is 0 Å². The van der Waals surface area contributed by atoms with E-state index < -0.39 is 6.10 Å². The molecule has 2 aromatic carbocycles. The fourth-order valence-corrected chi connectivity index (χ4v) is 2.93. The van der Waals surface area contributed by atoms with Crippen LogP contribution in [0.2, 0.25) is 0 Å². The zero-order chi connectivity index (χ0) is 17.1. The van der Waals surface area contributed by atoms with Crippen LogP contribution in [0, 0.1) is 0 Å². The monoisotopic (exact) mass is 391 g/mol. The summed E-state index contributed by atoms with van der Waals surface area (Å²) in [5.41, 5.74) is 1.67. The van der Waals surface area contributed by atoms with Crippen LogP contribution in [0.3, 0.4) is 0 Å². The van der Waals surface area contributed by atoms with Crippen LogP contribution >= 0.6 is 15.9 Å². The lowest BCUT2D eigenvalue weighted by atomic mass is 10.0. The third-order valence-electron chi connectivity index (χ3n) is 3.80. The number of fused-ring (bicyclic) bond motifs is 1. The van der Waals surface area contributed by atoms with Crippen molar-refractivity contribution in [1.29, 1.82) is 0 Å². The number of rotatable bonds is 4. The quantitative estimate of drug-likeness (QED) is 0.828. The van der Waals surface area contributed by atoms with Gasteiger partial charge in [0, 0.05) is 21.7 Å². The number of hydrogen-bond donors (Lipinski definition) is 2. The number of carbonyl (C=O) groups is 1. The zero-order valence-electron chi connectivity index (χ0n) is 13.2. The van der Waals surface area contributed by atoms with E-state index in [0.717, 1.165) is 4.47 Å². The molecule has 1 heterocycles. The van der Waals surface area contributed by atoms with Gasteiger partial charge in [0.05, 0.1) is 11.8 Å². The number of hydrogen-bond acceptors (Lipinski definition) is 4. The average Bonchev–Trinajstić information content (AvgIpc) is 2.60. The van der Waals surface area contributed by atoms with E-state index in [2.05, 4.69) is 21.2 Å². The second kappa shape index (κ2) is 7.23. The highest BCUT2D eigenvalue weighted by atomic mass is 79.9. The van der Waals surface area contributed by atoms with E-state index in [1.54, 1.807) is 30.3 Å². The lowest BCUT2D eigenvalue weighted by molar-refractivity contribution is 0.102. The van der Waals surface area contributed by atoms with Gasteiger partial charge < -0.3 is 19.9 Å². The highest BCUT2D eigenvalue weighted by Gasteiger charge is 2.21. The maximum absolute atomic E-state index is 12.5. The van der Waals surface area contributed by atoms with Crippen molar-refractivity contribution in [2.75, 3.05) is 18.5 Å². The van der Waals surface area contributed by atoms with Crippen LogP contribution in [0.1, 0.15) is 35.4 Å². The Bertz CT molecular complexity index is 763. The van der Waals surface area contributed by atoms with Gasteiger partial charge in [-0.3, -0.25) is 4.79 Å².